The van der Waals surface area contributed by atoms with Crippen molar-refractivity contribution in [3.8, 4) is 17.2 Å². The number of carbonyl (C=O) groups is 2. The first-order chi connectivity index (χ1) is 18.1. The summed E-state index contributed by atoms with van der Waals surface area (Å²) in [7, 11) is 0. The molecule has 4 aromatic rings. The van der Waals surface area contributed by atoms with Crippen molar-refractivity contribution in [3.05, 3.63) is 96.1 Å². The first kappa shape index (κ1) is 24.3. The molecule has 0 saturated carbocycles. The molecular weight excluding hydrogens is 468 g/mol. The molecule has 37 heavy (non-hydrogen) atoms. The largest absolute Gasteiger partial charge is 0.483 e. The smallest absolute Gasteiger partial charge is 0.262 e. The van der Waals surface area contributed by atoms with E-state index in [2.05, 4.69) is 5.32 Å². The number of amides is 2. The van der Waals surface area contributed by atoms with Crippen LogP contribution in [0.15, 0.2) is 84.9 Å². The third kappa shape index (κ3) is 5.90. The van der Waals surface area contributed by atoms with Crippen molar-refractivity contribution in [3.63, 3.8) is 0 Å². The van der Waals surface area contributed by atoms with Crippen LogP contribution in [0, 0.1) is 6.92 Å². The van der Waals surface area contributed by atoms with Gasteiger partial charge in [0.15, 0.2) is 12.4 Å². The molecule has 0 unspecified atom stereocenters. The number of hydrogen-bond donors (Lipinski definition) is 1. The molecule has 0 aliphatic carbocycles. The SMILES string of the molecule is Cc1ccc(Oc2ccccc2NC(=O)COc2cc3ccccc3cc2C(=O)N2CCOCC2)cc1. The Kier molecular flexibility index (Phi) is 7.33. The summed E-state index contributed by atoms with van der Waals surface area (Å²) in [5.74, 6) is 1.06. The second-order valence-corrected chi connectivity index (χ2v) is 8.85. The van der Waals surface area contributed by atoms with Crippen LogP contribution in [0.25, 0.3) is 10.8 Å². The van der Waals surface area contributed by atoms with Crippen molar-refractivity contribution in [2.75, 3.05) is 38.2 Å². The van der Waals surface area contributed by atoms with E-state index in [4.69, 9.17) is 14.2 Å². The quantitative estimate of drug-likeness (QED) is 0.369. The molecule has 0 bridgehead atoms. The highest BCUT2D eigenvalue weighted by molar-refractivity contribution is 6.02. The Balaban J connectivity index is 1.32. The molecule has 7 heteroatoms. The van der Waals surface area contributed by atoms with E-state index in [0.29, 0.717) is 54.8 Å². The van der Waals surface area contributed by atoms with Crippen LogP contribution in [0.2, 0.25) is 0 Å². The number of anilines is 1. The molecule has 0 aromatic heterocycles. The summed E-state index contributed by atoms with van der Waals surface area (Å²) in [6.07, 6.45) is 0. The van der Waals surface area contributed by atoms with Crippen LogP contribution >= 0.6 is 0 Å². The molecule has 0 spiro atoms. The van der Waals surface area contributed by atoms with Gasteiger partial charge in [0, 0.05) is 13.1 Å². The molecule has 4 aromatic carbocycles. The van der Waals surface area contributed by atoms with Crippen LogP contribution < -0.4 is 14.8 Å². The van der Waals surface area contributed by atoms with Gasteiger partial charge in [-0.15, -0.1) is 0 Å². The number of nitrogens with zero attached hydrogens (tertiary/aromatic N) is 1. The van der Waals surface area contributed by atoms with Gasteiger partial charge in [0.25, 0.3) is 11.8 Å². The molecule has 7 nitrogen and oxygen atoms in total. The lowest BCUT2D eigenvalue weighted by atomic mass is 10.0. The first-order valence-corrected chi connectivity index (χ1v) is 12.2. The van der Waals surface area contributed by atoms with Crippen molar-refractivity contribution < 1.29 is 23.8 Å². The summed E-state index contributed by atoms with van der Waals surface area (Å²) in [6, 6.07) is 26.3. The fourth-order valence-electron chi connectivity index (χ4n) is 4.16. The second-order valence-electron chi connectivity index (χ2n) is 8.85. The third-order valence-corrected chi connectivity index (χ3v) is 6.15. The predicted octanol–water partition coefficient (Wildman–Crippen LogP) is 5.43. The van der Waals surface area contributed by atoms with Crippen LogP contribution in [0.1, 0.15) is 15.9 Å². The highest BCUT2D eigenvalue weighted by Crippen LogP contribution is 2.30. The minimum absolute atomic E-state index is 0.138. The van der Waals surface area contributed by atoms with Crippen molar-refractivity contribution in [2.45, 2.75) is 6.92 Å². The molecule has 2 amide bonds. The number of fused-ring (bicyclic) bond motifs is 1. The number of hydrogen-bond acceptors (Lipinski definition) is 5. The van der Waals surface area contributed by atoms with Gasteiger partial charge in [0.05, 0.1) is 24.5 Å². The van der Waals surface area contributed by atoms with Crippen LogP contribution in [0.5, 0.6) is 17.2 Å². The zero-order chi connectivity index (χ0) is 25.6. The first-order valence-electron chi connectivity index (χ1n) is 12.2. The summed E-state index contributed by atoms with van der Waals surface area (Å²) < 4.78 is 17.3. The normalized spacial score (nSPS) is 13.3. The molecule has 0 radical (unpaired) electrons. The number of ether oxygens (including phenoxy) is 3. The Morgan fingerprint density at radius 1 is 0.865 bits per heavy atom. The van der Waals surface area contributed by atoms with Crippen LogP contribution in [0.3, 0.4) is 0 Å². The number of nitrogens with one attached hydrogen (secondary N) is 1. The van der Waals surface area contributed by atoms with Gasteiger partial charge in [-0.3, -0.25) is 9.59 Å². The van der Waals surface area contributed by atoms with E-state index in [9.17, 15) is 9.59 Å². The topological polar surface area (TPSA) is 77.1 Å². The molecular formula is C30H28N2O5. The van der Waals surface area contributed by atoms with Crippen molar-refractivity contribution in [1.82, 2.24) is 4.90 Å². The van der Waals surface area contributed by atoms with Crippen molar-refractivity contribution in [1.29, 1.82) is 0 Å². The van der Waals surface area contributed by atoms with Crippen LogP contribution in [-0.4, -0.2) is 49.6 Å². The molecule has 1 saturated heterocycles. The third-order valence-electron chi connectivity index (χ3n) is 6.15. The molecule has 0 atom stereocenters. The molecule has 1 fully saturated rings. The predicted molar refractivity (Wildman–Crippen MR) is 142 cm³/mol. The van der Waals surface area contributed by atoms with Gasteiger partial charge in [-0.25, -0.2) is 0 Å². The van der Waals surface area contributed by atoms with Gasteiger partial charge in [0.2, 0.25) is 0 Å². The standard InChI is InChI=1S/C30H28N2O5/c1-21-10-12-24(13-11-21)37-27-9-5-4-8-26(27)31-29(33)20-36-28-19-23-7-3-2-6-22(23)18-25(28)30(34)32-14-16-35-17-15-32/h2-13,18-19H,14-17,20H2,1H3,(H,31,33). The fraction of sp³-hybridized carbons (Fsp3) is 0.200. The molecule has 1 N–H and O–H groups in total. The second kappa shape index (κ2) is 11.1. The average Bonchev–Trinajstić information content (AvgIpc) is 2.94. The number of benzene rings is 4. The van der Waals surface area contributed by atoms with E-state index in [0.717, 1.165) is 16.3 Å². The number of morpholine rings is 1. The van der Waals surface area contributed by atoms with E-state index in [1.54, 1.807) is 17.0 Å². The lowest BCUT2D eigenvalue weighted by molar-refractivity contribution is -0.118. The van der Waals surface area contributed by atoms with Gasteiger partial charge in [-0.1, -0.05) is 54.1 Å². The summed E-state index contributed by atoms with van der Waals surface area (Å²) in [5.41, 5.74) is 2.09. The van der Waals surface area contributed by atoms with Gasteiger partial charge in [-0.05, 0) is 54.1 Å². The highest BCUT2D eigenvalue weighted by Gasteiger charge is 2.23. The minimum Gasteiger partial charge on any atom is -0.483 e. The van der Waals surface area contributed by atoms with E-state index in [1.807, 2.05) is 79.7 Å². The Morgan fingerprint density at radius 3 is 2.30 bits per heavy atom. The summed E-state index contributed by atoms with van der Waals surface area (Å²) >= 11 is 0. The van der Waals surface area contributed by atoms with Crippen LogP contribution in [0.4, 0.5) is 5.69 Å². The summed E-state index contributed by atoms with van der Waals surface area (Å²) in [6.45, 7) is 3.78. The fourth-order valence-corrected chi connectivity index (χ4v) is 4.16. The zero-order valence-electron chi connectivity index (χ0n) is 20.6. The van der Waals surface area contributed by atoms with Gasteiger partial charge < -0.3 is 24.4 Å². The lowest BCUT2D eigenvalue weighted by Gasteiger charge is -2.27. The van der Waals surface area contributed by atoms with Gasteiger partial charge in [0.1, 0.15) is 11.5 Å². The van der Waals surface area contributed by atoms with Gasteiger partial charge >= 0.3 is 0 Å². The maximum atomic E-state index is 13.3. The molecule has 1 heterocycles. The molecule has 5 rings (SSSR count). The average molecular weight is 497 g/mol. The van der Waals surface area contributed by atoms with Crippen molar-refractivity contribution >= 4 is 28.3 Å². The van der Waals surface area contributed by atoms with E-state index in [-0.39, 0.29) is 18.4 Å². The summed E-state index contributed by atoms with van der Waals surface area (Å²) in [4.78, 5) is 27.9. The molecule has 1 aliphatic rings. The highest BCUT2D eigenvalue weighted by atomic mass is 16.5. The minimum atomic E-state index is -0.363. The Hall–Kier alpha value is -4.36. The Labute approximate surface area is 215 Å². The van der Waals surface area contributed by atoms with E-state index >= 15 is 0 Å². The maximum absolute atomic E-state index is 13.3. The Morgan fingerprint density at radius 2 is 1.54 bits per heavy atom. The van der Waals surface area contributed by atoms with E-state index < -0.39 is 0 Å². The Bertz CT molecular complexity index is 1410. The number of aryl methyl sites for hydroxylation is 1. The molecule has 188 valence electrons. The monoisotopic (exact) mass is 496 g/mol. The van der Waals surface area contributed by atoms with Gasteiger partial charge in [-0.2, -0.15) is 0 Å². The van der Waals surface area contributed by atoms with Crippen LogP contribution in [-0.2, 0) is 9.53 Å². The van der Waals surface area contributed by atoms with E-state index in [1.165, 1.54) is 0 Å². The number of carbonyl (C=O) groups excluding carboxylic acids is 2. The lowest BCUT2D eigenvalue weighted by Crippen LogP contribution is -2.40. The maximum Gasteiger partial charge on any atom is 0.262 e. The number of rotatable bonds is 7. The number of para-hydroxylation sites is 2. The molecule has 1 aliphatic heterocycles. The zero-order valence-corrected chi connectivity index (χ0v) is 20.6. The van der Waals surface area contributed by atoms with Crippen molar-refractivity contribution in [2.24, 2.45) is 0 Å². The summed E-state index contributed by atoms with van der Waals surface area (Å²) in [5, 5.41) is 4.71.